The highest BCUT2D eigenvalue weighted by atomic mass is 35.5. The minimum atomic E-state index is -4.65. The van der Waals surface area contributed by atoms with Gasteiger partial charge in [-0.3, -0.25) is 15.3 Å². The first-order valence-corrected chi connectivity index (χ1v) is 11.2. The van der Waals surface area contributed by atoms with Gasteiger partial charge < -0.3 is 9.84 Å². The maximum absolute atomic E-state index is 15.2. The molecule has 1 aromatic carbocycles. The molecule has 0 saturated heterocycles. The predicted molar refractivity (Wildman–Crippen MR) is 124 cm³/mol. The Balaban J connectivity index is 2.02. The lowest BCUT2D eigenvalue weighted by Gasteiger charge is -2.26. The molecule has 0 fully saturated rings. The van der Waals surface area contributed by atoms with Crippen LogP contribution in [0.5, 0.6) is 5.75 Å². The Hall–Kier alpha value is -2.53. The second kappa shape index (κ2) is 11.0. The highest BCUT2D eigenvalue weighted by molar-refractivity contribution is 6.31. The molecule has 2 atom stereocenters. The minimum Gasteiger partial charge on any atom is -0.490 e. The molecule has 12 heteroatoms. The number of pyridine rings is 1. The van der Waals surface area contributed by atoms with Crippen LogP contribution in [0.4, 0.5) is 17.6 Å². The van der Waals surface area contributed by atoms with Crippen LogP contribution in [0.3, 0.4) is 0 Å². The molecule has 0 aliphatic heterocycles. The van der Waals surface area contributed by atoms with Crippen molar-refractivity contribution in [1.82, 2.24) is 20.3 Å². The van der Waals surface area contributed by atoms with Crippen molar-refractivity contribution in [2.75, 3.05) is 0 Å². The van der Waals surface area contributed by atoms with Crippen LogP contribution in [0.1, 0.15) is 43.6 Å². The molecular weight excluding hydrogens is 511 g/mol. The van der Waals surface area contributed by atoms with Gasteiger partial charge in [0.25, 0.3) is 0 Å². The van der Waals surface area contributed by atoms with Crippen molar-refractivity contribution in [3.63, 3.8) is 0 Å². The van der Waals surface area contributed by atoms with E-state index in [0.29, 0.717) is 11.3 Å². The summed E-state index contributed by atoms with van der Waals surface area (Å²) < 4.78 is 60.0. The smallest absolute Gasteiger partial charge is 0.433 e. The maximum atomic E-state index is 15.2. The number of halogens is 6. The summed E-state index contributed by atoms with van der Waals surface area (Å²) in [5.41, 5.74) is -0.488. The highest BCUT2D eigenvalue weighted by Gasteiger charge is 2.33. The summed E-state index contributed by atoms with van der Waals surface area (Å²) >= 11 is 12.2. The first-order valence-electron chi connectivity index (χ1n) is 10.5. The summed E-state index contributed by atoms with van der Waals surface area (Å²) in [6.07, 6.45) is -2.46. The Kier molecular flexibility index (Phi) is 8.53. The maximum Gasteiger partial charge on any atom is 0.433 e. The van der Waals surface area contributed by atoms with Crippen LogP contribution >= 0.6 is 23.2 Å². The van der Waals surface area contributed by atoms with E-state index in [0.717, 1.165) is 18.3 Å². The third kappa shape index (κ3) is 6.38. The summed E-state index contributed by atoms with van der Waals surface area (Å²) in [4.78, 5) is 11.4. The zero-order chi connectivity index (χ0) is 25.9. The number of ether oxygens (including phenoxy) is 1. The van der Waals surface area contributed by atoms with Crippen molar-refractivity contribution in [2.24, 2.45) is 0 Å². The number of benzene rings is 1. The van der Waals surface area contributed by atoms with Crippen molar-refractivity contribution < 1.29 is 27.4 Å². The molecule has 0 saturated carbocycles. The number of rotatable bonds is 8. The fourth-order valence-electron chi connectivity index (χ4n) is 3.31. The molecule has 0 bridgehead atoms. The van der Waals surface area contributed by atoms with Crippen LogP contribution in [0.25, 0.3) is 11.1 Å². The Bertz CT molecular complexity index is 1180. The molecule has 35 heavy (non-hydrogen) atoms. The van der Waals surface area contributed by atoms with Crippen LogP contribution in [0.2, 0.25) is 10.2 Å². The van der Waals surface area contributed by atoms with Gasteiger partial charge in [0.2, 0.25) is 0 Å². The quantitative estimate of drug-likeness (QED) is 0.273. The lowest BCUT2D eigenvalue weighted by Crippen LogP contribution is -2.34. The third-order valence-electron chi connectivity index (χ3n) is 5.06. The van der Waals surface area contributed by atoms with Gasteiger partial charge in [0.1, 0.15) is 17.7 Å². The van der Waals surface area contributed by atoms with Gasteiger partial charge >= 0.3 is 6.18 Å². The topological polar surface area (TPSA) is 80.2 Å². The van der Waals surface area contributed by atoms with Crippen molar-refractivity contribution >= 4 is 23.2 Å². The van der Waals surface area contributed by atoms with Gasteiger partial charge in [0.15, 0.2) is 11.0 Å². The van der Waals surface area contributed by atoms with Crippen LogP contribution in [0.15, 0.2) is 36.8 Å². The van der Waals surface area contributed by atoms with Crippen LogP contribution in [-0.4, -0.2) is 32.4 Å². The molecule has 2 aromatic heterocycles. The Morgan fingerprint density at radius 2 is 1.77 bits per heavy atom. The molecule has 0 aliphatic rings. The summed E-state index contributed by atoms with van der Waals surface area (Å²) in [7, 11) is 0. The Morgan fingerprint density at radius 3 is 2.34 bits per heavy atom. The summed E-state index contributed by atoms with van der Waals surface area (Å²) in [6.45, 7) is 5.16. The lowest BCUT2D eigenvalue weighted by molar-refractivity contribution is -0.141. The van der Waals surface area contributed by atoms with E-state index in [1.54, 1.807) is 20.8 Å². The molecule has 2 N–H and O–H groups in total. The molecule has 0 aliphatic carbocycles. The van der Waals surface area contributed by atoms with E-state index in [4.69, 9.17) is 27.9 Å². The standard InChI is InChI=1S/C23H22Cl2F4N4O2/c1-11(2)35-20-14(12(3)22(34)33-10-16-21(25)31-7-6-30-16)8-15(24)19(26)18(20)13-4-5-17(32-9-13)23(27,28)29/h4-9,11-12,22,33-34H,10H2,1-3H3. The van der Waals surface area contributed by atoms with Crippen LogP contribution in [-0.2, 0) is 12.7 Å². The highest BCUT2D eigenvalue weighted by Crippen LogP contribution is 2.43. The summed E-state index contributed by atoms with van der Waals surface area (Å²) in [5, 5.41) is 13.6. The average molecular weight is 533 g/mol. The van der Waals surface area contributed by atoms with E-state index in [1.165, 1.54) is 18.5 Å². The van der Waals surface area contributed by atoms with Gasteiger partial charge in [-0.25, -0.2) is 9.37 Å². The summed E-state index contributed by atoms with van der Waals surface area (Å²) in [6, 6.07) is 3.16. The molecule has 3 rings (SSSR count). The normalized spacial score (nSPS) is 13.7. The zero-order valence-electron chi connectivity index (χ0n) is 18.9. The fourth-order valence-corrected chi connectivity index (χ4v) is 3.70. The van der Waals surface area contributed by atoms with Gasteiger partial charge in [-0.1, -0.05) is 36.2 Å². The molecule has 3 aromatic rings. The van der Waals surface area contributed by atoms with Crippen molar-refractivity contribution in [1.29, 1.82) is 0 Å². The number of aliphatic hydroxyl groups is 1. The number of nitrogens with zero attached hydrogens (tertiary/aromatic N) is 3. The van der Waals surface area contributed by atoms with Gasteiger partial charge in [-0.2, -0.15) is 13.2 Å². The fraction of sp³-hybridized carbons (Fsp3) is 0.348. The number of aliphatic hydroxyl groups excluding tert-OH is 1. The molecule has 2 unspecified atom stereocenters. The largest absolute Gasteiger partial charge is 0.490 e. The van der Waals surface area contributed by atoms with E-state index in [9.17, 15) is 18.3 Å². The molecule has 2 heterocycles. The SMILES string of the molecule is CC(C)Oc1c(C(C)C(O)NCc2nccnc2Cl)cc(Cl)c(F)c1-c1ccc(C(F)(F)F)nc1. The number of hydrogen-bond donors (Lipinski definition) is 2. The molecule has 188 valence electrons. The van der Waals surface area contributed by atoms with E-state index >= 15 is 4.39 Å². The second-order valence-electron chi connectivity index (χ2n) is 7.97. The number of aromatic nitrogens is 3. The van der Waals surface area contributed by atoms with Gasteiger partial charge in [0.05, 0.1) is 22.4 Å². The van der Waals surface area contributed by atoms with Crippen LogP contribution < -0.4 is 10.1 Å². The van der Waals surface area contributed by atoms with Crippen molar-refractivity contribution in [2.45, 2.75) is 51.7 Å². The Labute approximate surface area is 209 Å². The summed E-state index contributed by atoms with van der Waals surface area (Å²) in [5.74, 6) is -1.54. The molecule has 0 amide bonds. The second-order valence-corrected chi connectivity index (χ2v) is 8.74. The van der Waals surface area contributed by atoms with Gasteiger partial charge in [-0.05, 0) is 26.0 Å². The van der Waals surface area contributed by atoms with E-state index in [1.807, 2.05) is 0 Å². The van der Waals surface area contributed by atoms with Crippen molar-refractivity contribution in [3.8, 4) is 16.9 Å². The lowest BCUT2D eigenvalue weighted by atomic mass is 9.93. The van der Waals surface area contributed by atoms with E-state index < -0.39 is 35.9 Å². The zero-order valence-corrected chi connectivity index (χ0v) is 20.4. The third-order valence-corrected chi connectivity index (χ3v) is 5.65. The Morgan fingerprint density at radius 1 is 1.09 bits per heavy atom. The molecular formula is C23H22Cl2F4N4O2. The number of alkyl halides is 3. The molecule has 6 nitrogen and oxygen atoms in total. The monoisotopic (exact) mass is 532 g/mol. The number of nitrogens with one attached hydrogen (secondary N) is 1. The molecule has 0 spiro atoms. The van der Waals surface area contributed by atoms with Gasteiger partial charge in [0, 0.05) is 42.2 Å². The van der Waals surface area contributed by atoms with Gasteiger partial charge in [-0.15, -0.1) is 0 Å². The minimum absolute atomic E-state index is 0.0364. The van der Waals surface area contributed by atoms with E-state index in [2.05, 4.69) is 20.3 Å². The first kappa shape index (κ1) is 27.1. The first-order chi connectivity index (χ1) is 16.4. The predicted octanol–water partition coefficient (Wildman–Crippen LogP) is 6.00. The average Bonchev–Trinajstić information content (AvgIpc) is 2.79. The molecule has 0 radical (unpaired) electrons. The van der Waals surface area contributed by atoms with Crippen molar-refractivity contribution in [3.05, 3.63) is 69.7 Å². The van der Waals surface area contributed by atoms with Crippen LogP contribution in [0, 0.1) is 5.82 Å². The van der Waals surface area contributed by atoms with E-state index in [-0.39, 0.29) is 33.6 Å². The number of hydrogen-bond acceptors (Lipinski definition) is 6.